The predicted octanol–water partition coefficient (Wildman–Crippen LogP) is 3.76. The maximum atomic E-state index is 13.1. The molecule has 146 valence electrons. The first-order valence-corrected chi connectivity index (χ1v) is 10.2. The Bertz CT molecular complexity index is 1090. The Morgan fingerprint density at radius 1 is 1.11 bits per heavy atom. The number of hydrogen-bond donors (Lipinski definition) is 1. The van der Waals surface area contributed by atoms with E-state index in [0.717, 1.165) is 5.56 Å². The van der Waals surface area contributed by atoms with Crippen molar-refractivity contribution in [1.82, 2.24) is 5.16 Å². The molecule has 8 heteroatoms. The summed E-state index contributed by atoms with van der Waals surface area (Å²) in [6.07, 6.45) is 0. The van der Waals surface area contributed by atoms with Gasteiger partial charge in [-0.3, -0.25) is 9.10 Å². The van der Waals surface area contributed by atoms with Crippen LogP contribution in [0.5, 0.6) is 0 Å². The van der Waals surface area contributed by atoms with Crippen LogP contribution in [-0.2, 0) is 10.0 Å². The van der Waals surface area contributed by atoms with Gasteiger partial charge < -0.3 is 9.84 Å². The second-order valence-electron chi connectivity index (χ2n) is 6.31. The van der Waals surface area contributed by atoms with E-state index in [0.29, 0.717) is 29.4 Å². The van der Waals surface area contributed by atoms with Crippen molar-refractivity contribution in [3.63, 3.8) is 0 Å². The van der Waals surface area contributed by atoms with E-state index in [1.54, 1.807) is 26.0 Å². The Morgan fingerprint density at radius 2 is 1.82 bits per heavy atom. The number of sulfonamides is 1. The summed E-state index contributed by atoms with van der Waals surface area (Å²) in [6, 6.07) is 14.7. The summed E-state index contributed by atoms with van der Waals surface area (Å²) in [7, 11) is -3.74. The summed E-state index contributed by atoms with van der Waals surface area (Å²) < 4.78 is 32.4. The molecule has 0 radical (unpaired) electrons. The standard InChI is InChI=1S/C20H21N3O4S/c1-4-23(17-7-5-6-14(2)12-17)28(25,26)18-10-8-16(9-11-18)20(24)21-19-13-15(3)27-22-19/h5-13H,4H2,1-3H3,(H,21,22,24). The van der Waals surface area contributed by atoms with Crippen LogP contribution in [-0.4, -0.2) is 26.0 Å². The number of carbonyl (C=O) groups is 1. The lowest BCUT2D eigenvalue weighted by Crippen LogP contribution is -2.30. The molecule has 1 amide bonds. The van der Waals surface area contributed by atoms with Gasteiger partial charge >= 0.3 is 0 Å². The first-order valence-electron chi connectivity index (χ1n) is 8.75. The van der Waals surface area contributed by atoms with Crippen LogP contribution in [0.25, 0.3) is 0 Å². The molecule has 3 rings (SSSR count). The van der Waals surface area contributed by atoms with Gasteiger partial charge in [-0.2, -0.15) is 0 Å². The zero-order valence-corrected chi connectivity index (χ0v) is 16.7. The lowest BCUT2D eigenvalue weighted by molar-refractivity contribution is 0.102. The van der Waals surface area contributed by atoms with Crippen molar-refractivity contribution in [1.29, 1.82) is 0 Å². The lowest BCUT2D eigenvalue weighted by Gasteiger charge is -2.23. The summed E-state index contributed by atoms with van der Waals surface area (Å²) in [6.45, 7) is 5.70. The van der Waals surface area contributed by atoms with Gasteiger partial charge in [0.15, 0.2) is 5.82 Å². The molecule has 0 unspecified atom stereocenters. The smallest absolute Gasteiger partial charge is 0.264 e. The fourth-order valence-corrected chi connectivity index (χ4v) is 4.26. The molecule has 3 aromatic rings. The number of aromatic nitrogens is 1. The number of amides is 1. The van der Waals surface area contributed by atoms with Gasteiger partial charge in [-0.15, -0.1) is 0 Å². The van der Waals surface area contributed by atoms with Crippen molar-refractivity contribution < 1.29 is 17.7 Å². The fraction of sp³-hybridized carbons (Fsp3) is 0.200. The maximum Gasteiger partial charge on any atom is 0.264 e. The van der Waals surface area contributed by atoms with Gasteiger partial charge in [-0.25, -0.2) is 8.42 Å². The zero-order chi connectivity index (χ0) is 20.3. The highest BCUT2D eigenvalue weighted by Crippen LogP contribution is 2.24. The Labute approximate surface area is 164 Å². The molecule has 0 aliphatic carbocycles. The summed E-state index contributed by atoms with van der Waals surface area (Å²) in [4.78, 5) is 12.4. The molecule has 0 bridgehead atoms. The van der Waals surface area contributed by atoms with Crippen LogP contribution in [0, 0.1) is 13.8 Å². The molecule has 0 saturated heterocycles. The monoisotopic (exact) mass is 399 g/mol. The minimum Gasteiger partial charge on any atom is -0.360 e. The molecule has 7 nitrogen and oxygen atoms in total. The summed E-state index contributed by atoms with van der Waals surface area (Å²) in [5.41, 5.74) is 1.89. The molecule has 0 fully saturated rings. The molecule has 1 N–H and O–H groups in total. The molecular formula is C20H21N3O4S. The SMILES string of the molecule is CCN(c1cccc(C)c1)S(=O)(=O)c1ccc(C(=O)Nc2cc(C)on2)cc1. The lowest BCUT2D eigenvalue weighted by atomic mass is 10.2. The van der Waals surface area contributed by atoms with Gasteiger partial charge in [0.1, 0.15) is 5.76 Å². The molecule has 2 aromatic carbocycles. The van der Waals surface area contributed by atoms with Gasteiger partial charge in [0.25, 0.3) is 15.9 Å². The van der Waals surface area contributed by atoms with E-state index < -0.39 is 15.9 Å². The van der Waals surface area contributed by atoms with Gasteiger partial charge in [0, 0.05) is 18.2 Å². The number of nitrogens with one attached hydrogen (secondary N) is 1. The number of aryl methyl sites for hydroxylation is 2. The molecule has 1 aromatic heterocycles. The molecular weight excluding hydrogens is 378 g/mol. The number of hydrogen-bond acceptors (Lipinski definition) is 5. The highest BCUT2D eigenvalue weighted by molar-refractivity contribution is 7.92. The second kappa shape index (κ2) is 7.85. The predicted molar refractivity (Wildman–Crippen MR) is 107 cm³/mol. The van der Waals surface area contributed by atoms with E-state index in [4.69, 9.17) is 4.52 Å². The Kier molecular flexibility index (Phi) is 5.51. The third-order valence-corrected chi connectivity index (χ3v) is 6.07. The summed E-state index contributed by atoms with van der Waals surface area (Å²) in [5.74, 6) is 0.478. The minimum absolute atomic E-state index is 0.115. The normalized spacial score (nSPS) is 11.2. The number of carbonyl (C=O) groups excluding carboxylic acids is 1. The first kappa shape index (κ1) is 19.6. The fourth-order valence-electron chi connectivity index (χ4n) is 2.79. The van der Waals surface area contributed by atoms with Crippen molar-refractivity contribution >= 4 is 27.4 Å². The van der Waals surface area contributed by atoms with Crippen molar-refractivity contribution in [3.05, 3.63) is 71.5 Å². The second-order valence-corrected chi connectivity index (χ2v) is 8.17. The van der Waals surface area contributed by atoms with Crippen LogP contribution in [0.4, 0.5) is 11.5 Å². The van der Waals surface area contributed by atoms with Crippen LogP contribution in [0.15, 0.2) is 64.0 Å². The van der Waals surface area contributed by atoms with Gasteiger partial charge in [0.05, 0.1) is 10.6 Å². The average Bonchev–Trinajstić information content (AvgIpc) is 3.07. The molecule has 0 aliphatic heterocycles. The van der Waals surface area contributed by atoms with E-state index in [9.17, 15) is 13.2 Å². The summed E-state index contributed by atoms with van der Waals surface area (Å²) in [5, 5.41) is 6.30. The third-order valence-electron chi connectivity index (χ3n) is 4.15. The average molecular weight is 399 g/mol. The van der Waals surface area contributed by atoms with Gasteiger partial charge in [-0.05, 0) is 62.7 Å². The van der Waals surface area contributed by atoms with Crippen LogP contribution < -0.4 is 9.62 Å². The number of rotatable bonds is 6. The van der Waals surface area contributed by atoms with Crippen LogP contribution in [0.3, 0.4) is 0 Å². The van der Waals surface area contributed by atoms with Gasteiger partial charge in [0.2, 0.25) is 0 Å². The Hall–Kier alpha value is -3.13. The van der Waals surface area contributed by atoms with Crippen LogP contribution in [0.2, 0.25) is 0 Å². The van der Waals surface area contributed by atoms with E-state index in [-0.39, 0.29) is 4.90 Å². The Morgan fingerprint density at radius 3 is 2.39 bits per heavy atom. The topological polar surface area (TPSA) is 92.5 Å². The Balaban J connectivity index is 1.83. The number of benzene rings is 2. The van der Waals surface area contributed by atoms with Crippen LogP contribution >= 0.6 is 0 Å². The minimum atomic E-state index is -3.74. The van der Waals surface area contributed by atoms with Crippen molar-refractivity contribution in [3.8, 4) is 0 Å². The van der Waals surface area contributed by atoms with E-state index in [1.165, 1.54) is 28.6 Å². The van der Waals surface area contributed by atoms with Gasteiger partial charge in [-0.1, -0.05) is 17.3 Å². The van der Waals surface area contributed by atoms with E-state index in [1.807, 2.05) is 25.1 Å². The number of anilines is 2. The third kappa shape index (κ3) is 4.07. The van der Waals surface area contributed by atoms with Crippen molar-refractivity contribution in [2.75, 3.05) is 16.2 Å². The summed E-state index contributed by atoms with van der Waals surface area (Å²) >= 11 is 0. The quantitative estimate of drug-likeness (QED) is 0.681. The van der Waals surface area contributed by atoms with E-state index in [2.05, 4.69) is 10.5 Å². The molecule has 0 spiro atoms. The van der Waals surface area contributed by atoms with Crippen molar-refractivity contribution in [2.24, 2.45) is 0 Å². The number of nitrogens with zero attached hydrogens (tertiary/aromatic N) is 2. The van der Waals surface area contributed by atoms with E-state index >= 15 is 0 Å². The highest BCUT2D eigenvalue weighted by Gasteiger charge is 2.24. The maximum absolute atomic E-state index is 13.1. The molecule has 0 aliphatic rings. The molecule has 0 atom stereocenters. The largest absolute Gasteiger partial charge is 0.360 e. The highest BCUT2D eigenvalue weighted by atomic mass is 32.2. The molecule has 1 heterocycles. The molecule has 0 saturated carbocycles. The first-order chi connectivity index (χ1) is 13.3. The molecule has 28 heavy (non-hydrogen) atoms. The zero-order valence-electron chi connectivity index (χ0n) is 15.8. The van der Waals surface area contributed by atoms with Crippen LogP contribution in [0.1, 0.15) is 28.6 Å². The van der Waals surface area contributed by atoms with Crippen molar-refractivity contribution in [2.45, 2.75) is 25.7 Å².